The molecule has 0 aliphatic rings. The lowest BCUT2D eigenvalue weighted by Gasteiger charge is -2.02. The highest BCUT2D eigenvalue weighted by Gasteiger charge is 1.98. The van der Waals surface area contributed by atoms with Gasteiger partial charge in [0.1, 0.15) is 5.88 Å². The van der Waals surface area contributed by atoms with Gasteiger partial charge in [-0.2, -0.15) is 0 Å². The summed E-state index contributed by atoms with van der Waals surface area (Å²) in [6.07, 6.45) is 5.15. The molecule has 2 nitrogen and oxygen atoms in total. The Kier molecular flexibility index (Phi) is 6.19. The van der Waals surface area contributed by atoms with Gasteiger partial charge in [-0.05, 0) is 24.1 Å². The molecule has 86 valence electrons. The minimum atomic E-state index is -0.191. The summed E-state index contributed by atoms with van der Waals surface area (Å²) in [5.41, 5.74) is 1.88. The summed E-state index contributed by atoms with van der Waals surface area (Å²) in [4.78, 5) is 11.0. The molecule has 0 radical (unpaired) electrons. The number of allylic oxidation sites excluding steroid dienone is 1. The number of hydrogen-bond donors (Lipinski definition) is 1. The number of nitrogens with one attached hydrogen (secondary N) is 1. The van der Waals surface area contributed by atoms with E-state index in [1.165, 1.54) is 0 Å². The zero-order chi connectivity index (χ0) is 11.8. The van der Waals surface area contributed by atoms with E-state index in [9.17, 15) is 4.79 Å². The zero-order valence-corrected chi connectivity index (χ0v) is 11.1. The van der Waals surface area contributed by atoms with Crippen molar-refractivity contribution < 1.29 is 4.79 Å². The maximum Gasteiger partial charge on any atom is 0.239 e. The smallest absolute Gasteiger partial charge is 0.239 e. The molecule has 4 heteroatoms. The van der Waals surface area contributed by atoms with Crippen LogP contribution in [0, 0.1) is 0 Å². The van der Waals surface area contributed by atoms with Crippen molar-refractivity contribution in [3.8, 4) is 0 Å². The van der Waals surface area contributed by atoms with Gasteiger partial charge in [0.25, 0.3) is 0 Å². The topological polar surface area (TPSA) is 29.1 Å². The van der Waals surface area contributed by atoms with Crippen LogP contribution in [0.2, 0.25) is 0 Å². The van der Waals surface area contributed by atoms with Crippen LogP contribution in [0.4, 0.5) is 5.69 Å². The second-order valence-corrected chi connectivity index (χ2v) is 4.24. The van der Waals surface area contributed by atoms with Crippen molar-refractivity contribution in [2.24, 2.45) is 0 Å². The van der Waals surface area contributed by atoms with Crippen molar-refractivity contribution >= 4 is 45.2 Å². The summed E-state index contributed by atoms with van der Waals surface area (Å²) in [5.74, 6) is -0.211. The number of hydrogen-bond acceptors (Lipinski definition) is 1. The number of rotatable bonds is 5. The van der Waals surface area contributed by atoms with Gasteiger partial charge < -0.3 is 5.32 Å². The van der Waals surface area contributed by atoms with Crippen LogP contribution in [0.15, 0.2) is 30.3 Å². The van der Waals surface area contributed by atoms with E-state index in [0.717, 1.165) is 23.0 Å². The lowest BCUT2D eigenvalue weighted by atomic mass is 10.2. The molecular weight excluding hydrogens is 289 g/mol. The first kappa shape index (κ1) is 13.3. The van der Waals surface area contributed by atoms with Crippen LogP contribution >= 0.6 is 27.5 Å². The molecule has 1 aromatic carbocycles. The molecule has 1 rings (SSSR count). The van der Waals surface area contributed by atoms with Gasteiger partial charge in [0.05, 0.1) is 0 Å². The molecule has 0 saturated carbocycles. The van der Waals surface area contributed by atoms with Gasteiger partial charge in [-0.3, -0.25) is 4.79 Å². The van der Waals surface area contributed by atoms with Gasteiger partial charge in [0.2, 0.25) is 5.91 Å². The molecule has 0 heterocycles. The first-order valence-corrected chi connectivity index (χ1v) is 6.60. The van der Waals surface area contributed by atoms with Crippen molar-refractivity contribution in [2.75, 3.05) is 16.5 Å². The molecule has 1 amide bonds. The van der Waals surface area contributed by atoms with Crippen molar-refractivity contribution in [2.45, 2.75) is 6.42 Å². The Morgan fingerprint density at radius 3 is 2.62 bits per heavy atom. The Hall–Kier alpha value is -0.800. The summed E-state index contributed by atoms with van der Waals surface area (Å²) >= 11 is 8.75. The summed E-state index contributed by atoms with van der Waals surface area (Å²) in [6.45, 7) is 0. The number of anilines is 1. The van der Waals surface area contributed by atoms with Crippen molar-refractivity contribution in [3.05, 3.63) is 35.9 Å². The highest BCUT2D eigenvalue weighted by molar-refractivity contribution is 9.09. The van der Waals surface area contributed by atoms with Crippen LogP contribution in [-0.4, -0.2) is 17.1 Å². The fraction of sp³-hybridized carbons (Fsp3) is 0.250. The van der Waals surface area contributed by atoms with Crippen LogP contribution in [0.25, 0.3) is 6.08 Å². The van der Waals surface area contributed by atoms with Crippen LogP contribution in [0.5, 0.6) is 0 Å². The number of amides is 1. The van der Waals surface area contributed by atoms with Crippen LogP contribution in [0.3, 0.4) is 0 Å². The second kappa shape index (κ2) is 7.47. The van der Waals surface area contributed by atoms with E-state index in [1.54, 1.807) is 0 Å². The Morgan fingerprint density at radius 1 is 1.38 bits per heavy atom. The number of benzene rings is 1. The molecular formula is C12H13BrClNO. The van der Waals surface area contributed by atoms with E-state index < -0.39 is 0 Å². The molecule has 0 bridgehead atoms. The Bertz CT molecular complexity index is 362. The van der Waals surface area contributed by atoms with E-state index >= 15 is 0 Å². The van der Waals surface area contributed by atoms with E-state index in [0.29, 0.717) is 0 Å². The maximum atomic E-state index is 11.0. The summed E-state index contributed by atoms with van der Waals surface area (Å²) in [5, 5.41) is 3.65. The summed E-state index contributed by atoms with van der Waals surface area (Å²) < 4.78 is 0. The molecule has 16 heavy (non-hydrogen) atoms. The second-order valence-electron chi connectivity index (χ2n) is 3.18. The largest absolute Gasteiger partial charge is 0.325 e. The van der Waals surface area contributed by atoms with Gasteiger partial charge in [-0.1, -0.05) is 40.2 Å². The van der Waals surface area contributed by atoms with Crippen molar-refractivity contribution in [1.82, 2.24) is 0 Å². The summed E-state index contributed by atoms with van der Waals surface area (Å²) in [7, 11) is 0. The van der Waals surface area contributed by atoms with E-state index in [2.05, 4.69) is 33.4 Å². The van der Waals surface area contributed by atoms with Crippen LogP contribution in [0.1, 0.15) is 12.0 Å². The minimum absolute atomic E-state index is 0.0209. The third kappa shape index (κ3) is 4.81. The van der Waals surface area contributed by atoms with E-state index in [1.807, 2.05) is 24.3 Å². The molecule has 0 aliphatic carbocycles. The highest BCUT2D eigenvalue weighted by atomic mass is 79.9. The van der Waals surface area contributed by atoms with Gasteiger partial charge in [-0.15, -0.1) is 11.6 Å². The molecule has 0 unspecified atom stereocenters. The predicted octanol–water partition coefficient (Wildman–Crippen LogP) is 3.66. The fourth-order valence-corrected chi connectivity index (χ4v) is 1.49. The quantitative estimate of drug-likeness (QED) is 0.826. The first-order chi connectivity index (χ1) is 7.76. The molecule has 1 N–H and O–H groups in total. The maximum absolute atomic E-state index is 11.0. The fourth-order valence-electron chi connectivity index (χ4n) is 1.15. The highest BCUT2D eigenvalue weighted by Crippen LogP contribution is 2.11. The van der Waals surface area contributed by atoms with Crippen LogP contribution in [-0.2, 0) is 4.79 Å². The molecule has 0 aromatic heterocycles. The van der Waals surface area contributed by atoms with E-state index in [-0.39, 0.29) is 11.8 Å². The Labute approximate surface area is 109 Å². The number of carbonyl (C=O) groups excluding carboxylic acids is 1. The normalized spacial score (nSPS) is 10.6. The van der Waals surface area contributed by atoms with Gasteiger partial charge in [0.15, 0.2) is 0 Å². The molecule has 0 spiro atoms. The zero-order valence-electron chi connectivity index (χ0n) is 8.75. The number of halogens is 2. The third-order valence-electron chi connectivity index (χ3n) is 1.90. The molecule has 0 saturated heterocycles. The minimum Gasteiger partial charge on any atom is -0.325 e. The van der Waals surface area contributed by atoms with Crippen molar-refractivity contribution in [3.63, 3.8) is 0 Å². The van der Waals surface area contributed by atoms with Gasteiger partial charge in [0, 0.05) is 11.0 Å². The molecule has 0 aliphatic heterocycles. The average molecular weight is 303 g/mol. The molecule has 0 fully saturated rings. The standard InChI is InChI=1S/C12H13BrClNO/c13-8-2-1-3-10-4-6-11(7-5-10)15-12(16)9-14/h1,3-7H,2,8-9H2,(H,15,16). The monoisotopic (exact) mass is 301 g/mol. The van der Waals surface area contributed by atoms with Gasteiger partial charge in [-0.25, -0.2) is 0 Å². The SMILES string of the molecule is O=C(CCl)Nc1ccc(C=CCCBr)cc1. The first-order valence-electron chi connectivity index (χ1n) is 4.94. The average Bonchev–Trinajstić information content (AvgIpc) is 2.31. The molecule has 1 aromatic rings. The predicted molar refractivity (Wildman–Crippen MR) is 73.2 cm³/mol. The summed E-state index contributed by atoms with van der Waals surface area (Å²) in [6, 6.07) is 7.62. The van der Waals surface area contributed by atoms with Crippen LogP contribution < -0.4 is 5.32 Å². The van der Waals surface area contributed by atoms with E-state index in [4.69, 9.17) is 11.6 Å². The Morgan fingerprint density at radius 2 is 2.06 bits per heavy atom. The number of carbonyl (C=O) groups is 1. The lowest BCUT2D eigenvalue weighted by molar-refractivity contribution is -0.113. The number of alkyl halides is 2. The van der Waals surface area contributed by atoms with Crippen molar-refractivity contribution in [1.29, 1.82) is 0 Å². The third-order valence-corrected chi connectivity index (χ3v) is 2.60. The lowest BCUT2D eigenvalue weighted by Crippen LogP contribution is -2.12. The van der Waals surface area contributed by atoms with Gasteiger partial charge >= 0.3 is 0 Å². The molecule has 0 atom stereocenters. The Balaban J connectivity index is 2.57.